The maximum absolute atomic E-state index is 11.7. The van der Waals surface area contributed by atoms with Crippen molar-refractivity contribution in [2.24, 2.45) is 0 Å². The van der Waals surface area contributed by atoms with E-state index < -0.39 is 12.2 Å². The molecule has 0 aliphatic carbocycles. The molecule has 0 rings (SSSR count). The summed E-state index contributed by atoms with van der Waals surface area (Å²) in [6.07, 6.45) is 1.63. The number of amides is 1. The van der Waals surface area contributed by atoms with E-state index >= 15 is 0 Å². The second-order valence-electron chi connectivity index (χ2n) is 3.79. The molecule has 0 heterocycles. The smallest absolute Gasteiger partial charge is 0.263 e. The van der Waals surface area contributed by atoms with Gasteiger partial charge in [-0.2, -0.15) is 5.26 Å². The molecule has 0 fully saturated rings. The predicted octanol–water partition coefficient (Wildman–Crippen LogP) is 0.145. The van der Waals surface area contributed by atoms with Gasteiger partial charge in [0.05, 0.1) is 6.54 Å². The molecule has 2 N–H and O–H groups in total. The zero-order chi connectivity index (χ0) is 15.2. The minimum Gasteiger partial charge on any atom is -0.385 e. The molecule has 20 heavy (non-hydrogen) atoms. The fourth-order valence-electron chi connectivity index (χ4n) is 1.28. The van der Waals surface area contributed by atoms with Crippen molar-refractivity contribution in [1.82, 2.24) is 10.6 Å². The Labute approximate surface area is 119 Å². The molecule has 0 saturated carbocycles. The normalized spacial score (nSPS) is 11.2. The van der Waals surface area contributed by atoms with Crippen LogP contribution >= 0.6 is 0 Å². The summed E-state index contributed by atoms with van der Waals surface area (Å²) in [6, 6.07) is 1.84. The van der Waals surface area contributed by atoms with Gasteiger partial charge in [-0.05, 0) is 13.3 Å². The number of nitrogens with one attached hydrogen (secondary N) is 2. The molecular formula is C13H23N3O4. The summed E-state index contributed by atoms with van der Waals surface area (Å²) in [5, 5.41) is 14.4. The van der Waals surface area contributed by atoms with Crippen molar-refractivity contribution in [2.75, 3.05) is 40.5 Å². The fourth-order valence-corrected chi connectivity index (χ4v) is 1.28. The Hall–Kier alpha value is -1.62. The second kappa shape index (κ2) is 12.4. The van der Waals surface area contributed by atoms with Gasteiger partial charge in [0.1, 0.15) is 11.6 Å². The molecule has 0 aliphatic heterocycles. The zero-order valence-electron chi connectivity index (χ0n) is 12.3. The molecule has 0 aromatic rings. The summed E-state index contributed by atoms with van der Waals surface area (Å²) in [5.74, 6) is -0.414. The summed E-state index contributed by atoms with van der Waals surface area (Å²) in [7, 11) is 3.02. The minimum absolute atomic E-state index is 0.00682. The molecule has 1 amide bonds. The van der Waals surface area contributed by atoms with Gasteiger partial charge in [0.15, 0.2) is 6.29 Å². The average molecular weight is 285 g/mol. The summed E-state index contributed by atoms with van der Waals surface area (Å²) >= 11 is 0. The van der Waals surface area contributed by atoms with Gasteiger partial charge in [-0.25, -0.2) is 0 Å². The topological polar surface area (TPSA) is 92.6 Å². The summed E-state index contributed by atoms with van der Waals surface area (Å²) in [5.41, 5.74) is 0.00682. The first-order valence-corrected chi connectivity index (χ1v) is 6.44. The van der Waals surface area contributed by atoms with Gasteiger partial charge in [0.2, 0.25) is 0 Å². The van der Waals surface area contributed by atoms with Crippen LogP contribution in [-0.4, -0.2) is 52.7 Å². The van der Waals surface area contributed by atoms with Crippen molar-refractivity contribution in [3.05, 3.63) is 11.8 Å². The third kappa shape index (κ3) is 8.48. The summed E-state index contributed by atoms with van der Waals surface area (Å²) < 4.78 is 15.1. The van der Waals surface area contributed by atoms with Gasteiger partial charge in [-0.15, -0.1) is 0 Å². The lowest BCUT2D eigenvalue weighted by Crippen LogP contribution is -2.30. The van der Waals surface area contributed by atoms with E-state index in [2.05, 4.69) is 10.6 Å². The number of nitrogens with zero attached hydrogens (tertiary/aromatic N) is 1. The van der Waals surface area contributed by atoms with Crippen LogP contribution in [0.5, 0.6) is 0 Å². The van der Waals surface area contributed by atoms with E-state index in [-0.39, 0.29) is 5.57 Å². The van der Waals surface area contributed by atoms with Crippen LogP contribution in [0, 0.1) is 11.3 Å². The van der Waals surface area contributed by atoms with Crippen LogP contribution in [0.15, 0.2) is 11.8 Å². The first-order chi connectivity index (χ1) is 9.69. The summed E-state index contributed by atoms with van der Waals surface area (Å²) in [6.45, 7) is 3.96. The molecule has 0 unspecified atom stereocenters. The van der Waals surface area contributed by atoms with Crippen molar-refractivity contribution < 1.29 is 19.0 Å². The van der Waals surface area contributed by atoms with E-state index in [4.69, 9.17) is 19.5 Å². The number of rotatable bonds is 11. The summed E-state index contributed by atoms with van der Waals surface area (Å²) in [4.78, 5) is 11.7. The van der Waals surface area contributed by atoms with Gasteiger partial charge in [-0.3, -0.25) is 4.79 Å². The number of nitriles is 1. The molecule has 7 nitrogen and oxygen atoms in total. The lowest BCUT2D eigenvalue weighted by atomic mass is 10.3. The maximum atomic E-state index is 11.7. The molecule has 114 valence electrons. The zero-order valence-corrected chi connectivity index (χ0v) is 12.3. The molecule has 0 saturated heterocycles. The third-order valence-corrected chi connectivity index (χ3v) is 2.38. The van der Waals surface area contributed by atoms with E-state index in [0.717, 1.165) is 0 Å². The second-order valence-corrected chi connectivity index (χ2v) is 3.79. The first kappa shape index (κ1) is 18.4. The standard InChI is InChI=1S/C13H23N3O4/c1-4-20-7-5-6-16-13(17)11(8-14)9-15-10-12(18-2)19-3/h9,12,15H,4-7,10H2,1-3H3,(H,16,17)/b11-9-. The first-order valence-electron chi connectivity index (χ1n) is 6.44. The van der Waals surface area contributed by atoms with E-state index in [0.29, 0.717) is 32.7 Å². The van der Waals surface area contributed by atoms with Crippen LogP contribution in [0.2, 0.25) is 0 Å². The van der Waals surface area contributed by atoms with Crippen molar-refractivity contribution >= 4 is 5.91 Å². The number of carbonyl (C=O) groups excluding carboxylic acids is 1. The highest BCUT2D eigenvalue weighted by Gasteiger charge is 2.08. The largest absolute Gasteiger partial charge is 0.385 e. The van der Waals surface area contributed by atoms with E-state index in [9.17, 15) is 4.79 Å². The van der Waals surface area contributed by atoms with Gasteiger partial charge in [0.25, 0.3) is 5.91 Å². The Morgan fingerprint density at radius 2 is 2.10 bits per heavy atom. The number of ether oxygens (including phenoxy) is 3. The fraction of sp³-hybridized carbons (Fsp3) is 0.692. The monoisotopic (exact) mass is 285 g/mol. The van der Waals surface area contributed by atoms with Crippen LogP contribution in [0.1, 0.15) is 13.3 Å². The molecule has 0 aromatic carbocycles. The lowest BCUT2D eigenvalue weighted by molar-refractivity contribution is -0.117. The van der Waals surface area contributed by atoms with Crippen molar-refractivity contribution in [1.29, 1.82) is 5.26 Å². The predicted molar refractivity (Wildman–Crippen MR) is 73.6 cm³/mol. The third-order valence-electron chi connectivity index (χ3n) is 2.38. The number of hydrogen-bond donors (Lipinski definition) is 2. The van der Waals surface area contributed by atoms with Gasteiger partial charge < -0.3 is 24.8 Å². The van der Waals surface area contributed by atoms with Gasteiger partial charge in [-0.1, -0.05) is 0 Å². The molecule has 0 radical (unpaired) electrons. The van der Waals surface area contributed by atoms with E-state index in [1.807, 2.05) is 13.0 Å². The number of hydrogen-bond acceptors (Lipinski definition) is 6. The van der Waals surface area contributed by atoms with Crippen LogP contribution in [0.3, 0.4) is 0 Å². The molecule has 0 aliphatic rings. The lowest BCUT2D eigenvalue weighted by Gasteiger charge is -2.12. The minimum atomic E-state index is -0.430. The van der Waals surface area contributed by atoms with E-state index in [1.165, 1.54) is 20.4 Å². The van der Waals surface area contributed by atoms with Crippen molar-refractivity contribution in [3.63, 3.8) is 0 Å². The van der Waals surface area contributed by atoms with Gasteiger partial charge >= 0.3 is 0 Å². The maximum Gasteiger partial charge on any atom is 0.263 e. The quantitative estimate of drug-likeness (QED) is 0.243. The van der Waals surface area contributed by atoms with Crippen LogP contribution in [0.4, 0.5) is 0 Å². The Bertz CT molecular complexity index is 335. The average Bonchev–Trinajstić information content (AvgIpc) is 2.47. The highest BCUT2D eigenvalue weighted by atomic mass is 16.7. The number of carbonyl (C=O) groups is 1. The molecule has 7 heteroatoms. The molecule has 0 aromatic heterocycles. The van der Waals surface area contributed by atoms with Crippen LogP contribution in [0.25, 0.3) is 0 Å². The highest BCUT2D eigenvalue weighted by Crippen LogP contribution is 1.93. The molecule has 0 bridgehead atoms. The van der Waals surface area contributed by atoms with Crippen LogP contribution in [-0.2, 0) is 19.0 Å². The Morgan fingerprint density at radius 1 is 1.40 bits per heavy atom. The Balaban J connectivity index is 4.04. The molecule has 0 spiro atoms. The van der Waals surface area contributed by atoms with Crippen molar-refractivity contribution in [2.45, 2.75) is 19.6 Å². The van der Waals surface area contributed by atoms with Crippen LogP contribution < -0.4 is 10.6 Å². The Morgan fingerprint density at radius 3 is 2.65 bits per heavy atom. The van der Waals surface area contributed by atoms with Crippen molar-refractivity contribution in [3.8, 4) is 6.07 Å². The van der Waals surface area contributed by atoms with E-state index in [1.54, 1.807) is 0 Å². The highest BCUT2D eigenvalue weighted by molar-refractivity contribution is 5.97. The number of methoxy groups -OCH3 is 2. The SMILES string of the molecule is CCOCCCNC(=O)/C(C#N)=C\NCC(OC)OC. The molecular weight excluding hydrogens is 262 g/mol. The Kier molecular flexibility index (Phi) is 11.4. The van der Waals surface area contributed by atoms with Gasteiger partial charge in [0, 0.05) is 40.2 Å². The molecule has 0 atom stereocenters.